The van der Waals surface area contributed by atoms with Crippen LogP contribution in [0.5, 0.6) is 0 Å². The Hall–Kier alpha value is -1.33. The lowest BCUT2D eigenvalue weighted by molar-refractivity contribution is 0.342. The molecule has 5 heteroatoms. The van der Waals surface area contributed by atoms with Gasteiger partial charge < -0.3 is 9.84 Å². The SMILES string of the molecule is CCNC(C)c1nc(-c2ccc(SC)cc2)no1. The van der Waals surface area contributed by atoms with Crippen LogP contribution in [0.2, 0.25) is 0 Å². The molecule has 1 aromatic carbocycles. The van der Waals surface area contributed by atoms with Crippen molar-refractivity contribution in [2.45, 2.75) is 24.8 Å². The van der Waals surface area contributed by atoms with Gasteiger partial charge >= 0.3 is 0 Å². The van der Waals surface area contributed by atoms with Crippen LogP contribution in [0.4, 0.5) is 0 Å². The highest BCUT2D eigenvalue weighted by Gasteiger charge is 2.13. The Bertz CT molecular complexity index is 495. The Morgan fingerprint density at radius 2 is 2.06 bits per heavy atom. The Labute approximate surface area is 111 Å². The molecule has 1 unspecified atom stereocenters. The van der Waals surface area contributed by atoms with E-state index >= 15 is 0 Å². The van der Waals surface area contributed by atoms with Gasteiger partial charge in [0.1, 0.15) is 0 Å². The van der Waals surface area contributed by atoms with E-state index in [0.29, 0.717) is 11.7 Å². The number of nitrogens with one attached hydrogen (secondary N) is 1. The molecular formula is C13H17N3OS. The molecule has 0 saturated heterocycles. The molecule has 0 radical (unpaired) electrons. The zero-order valence-electron chi connectivity index (χ0n) is 10.8. The van der Waals surface area contributed by atoms with Gasteiger partial charge in [-0.15, -0.1) is 11.8 Å². The molecule has 1 atom stereocenters. The highest BCUT2D eigenvalue weighted by molar-refractivity contribution is 7.98. The van der Waals surface area contributed by atoms with Crippen LogP contribution in [0.25, 0.3) is 11.4 Å². The molecule has 0 spiro atoms. The van der Waals surface area contributed by atoms with E-state index in [0.717, 1.165) is 12.1 Å². The molecule has 0 bridgehead atoms. The van der Waals surface area contributed by atoms with Crippen LogP contribution in [0, 0.1) is 0 Å². The van der Waals surface area contributed by atoms with Crippen molar-refractivity contribution in [1.29, 1.82) is 0 Å². The molecule has 0 saturated carbocycles. The van der Waals surface area contributed by atoms with Gasteiger partial charge in [0.15, 0.2) is 0 Å². The van der Waals surface area contributed by atoms with Crippen LogP contribution in [0.1, 0.15) is 25.8 Å². The minimum Gasteiger partial charge on any atom is -0.337 e. The summed E-state index contributed by atoms with van der Waals surface area (Å²) in [5.41, 5.74) is 0.978. The highest BCUT2D eigenvalue weighted by atomic mass is 32.2. The van der Waals surface area contributed by atoms with Crippen LogP contribution in [0.3, 0.4) is 0 Å². The maximum absolute atomic E-state index is 5.26. The minimum atomic E-state index is 0.0849. The third-order valence-electron chi connectivity index (χ3n) is 2.67. The molecule has 96 valence electrons. The summed E-state index contributed by atoms with van der Waals surface area (Å²) in [6.45, 7) is 4.94. The van der Waals surface area contributed by atoms with Gasteiger partial charge in [-0.3, -0.25) is 0 Å². The Balaban J connectivity index is 2.18. The molecule has 2 aromatic rings. The molecule has 0 aliphatic carbocycles. The van der Waals surface area contributed by atoms with Crippen molar-refractivity contribution in [2.24, 2.45) is 0 Å². The summed E-state index contributed by atoms with van der Waals surface area (Å²) in [4.78, 5) is 5.63. The van der Waals surface area contributed by atoms with Gasteiger partial charge in [0.2, 0.25) is 11.7 Å². The molecule has 0 aliphatic rings. The first-order valence-corrected chi connectivity index (χ1v) is 7.18. The molecule has 0 fully saturated rings. The summed E-state index contributed by atoms with van der Waals surface area (Å²) in [7, 11) is 0. The molecular weight excluding hydrogens is 246 g/mol. The fraction of sp³-hybridized carbons (Fsp3) is 0.385. The summed E-state index contributed by atoms with van der Waals surface area (Å²) in [6.07, 6.45) is 2.06. The first-order valence-electron chi connectivity index (χ1n) is 5.96. The number of aromatic nitrogens is 2. The van der Waals surface area contributed by atoms with E-state index in [1.807, 2.05) is 19.1 Å². The fourth-order valence-electron chi connectivity index (χ4n) is 1.66. The second-order valence-electron chi connectivity index (χ2n) is 3.96. The summed E-state index contributed by atoms with van der Waals surface area (Å²) < 4.78 is 5.26. The lowest BCUT2D eigenvalue weighted by Gasteiger charge is -2.05. The van der Waals surface area contributed by atoms with Gasteiger partial charge in [0, 0.05) is 10.5 Å². The molecule has 2 rings (SSSR count). The summed E-state index contributed by atoms with van der Waals surface area (Å²) >= 11 is 1.72. The third kappa shape index (κ3) is 2.91. The van der Waals surface area contributed by atoms with E-state index in [9.17, 15) is 0 Å². The van der Waals surface area contributed by atoms with Crippen molar-refractivity contribution >= 4 is 11.8 Å². The quantitative estimate of drug-likeness (QED) is 0.840. The first-order chi connectivity index (χ1) is 8.74. The van der Waals surface area contributed by atoms with Crippen molar-refractivity contribution in [3.05, 3.63) is 30.2 Å². The number of nitrogens with zero attached hydrogens (tertiary/aromatic N) is 2. The van der Waals surface area contributed by atoms with E-state index in [1.54, 1.807) is 11.8 Å². The lowest BCUT2D eigenvalue weighted by Crippen LogP contribution is -2.17. The van der Waals surface area contributed by atoms with Crippen molar-refractivity contribution in [2.75, 3.05) is 12.8 Å². The number of benzene rings is 1. The zero-order valence-corrected chi connectivity index (χ0v) is 11.6. The third-order valence-corrected chi connectivity index (χ3v) is 3.41. The van der Waals surface area contributed by atoms with E-state index in [4.69, 9.17) is 4.52 Å². The molecule has 4 nitrogen and oxygen atoms in total. The van der Waals surface area contributed by atoms with Gasteiger partial charge in [0.25, 0.3) is 0 Å². The number of hydrogen-bond acceptors (Lipinski definition) is 5. The van der Waals surface area contributed by atoms with Gasteiger partial charge in [-0.05, 0) is 44.0 Å². The van der Waals surface area contributed by atoms with Gasteiger partial charge in [-0.25, -0.2) is 0 Å². The van der Waals surface area contributed by atoms with Gasteiger partial charge in [0.05, 0.1) is 6.04 Å². The van der Waals surface area contributed by atoms with Crippen molar-refractivity contribution < 1.29 is 4.52 Å². The molecule has 1 heterocycles. The van der Waals surface area contributed by atoms with Crippen LogP contribution >= 0.6 is 11.8 Å². The van der Waals surface area contributed by atoms with Crippen molar-refractivity contribution in [3.8, 4) is 11.4 Å². The van der Waals surface area contributed by atoms with Crippen LogP contribution in [-0.2, 0) is 0 Å². The van der Waals surface area contributed by atoms with E-state index in [1.165, 1.54) is 4.90 Å². The average molecular weight is 263 g/mol. The molecule has 1 N–H and O–H groups in total. The Morgan fingerprint density at radius 3 is 2.67 bits per heavy atom. The van der Waals surface area contributed by atoms with Crippen molar-refractivity contribution in [1.82, 2.24) is 15.5 Å². The normalized spacial score (nSPS) is 12.6. The van der Waals surface area contributed by atoms with Crippen LogP contribution < -0.4 is 5.32 Å². The Kier molecular flexibility index (Phi) is 4.38. The fourth-order valence-corrected chi connectivity index (χ4v) is 2.07. The summed E-state index contributed by atoms with van der Waals surface area (Å²) in [5.74, 6) is 1.27. The summed E-state index contributed by atoms with van der Waals surface area (Å²) in [6, 6.07) is 8.23. The average Bonchev–Trinajstić information content (AvgIpc) is 2.89. The largest absolute Gasteiger partial charge is 0.337 e. The predicted molar refractivity (Wildman–Crippen MR) is 73.6 cm³/mol. The Morgan fingerprint density at radius 1 is 1.33 bits per heavy atom. The van der Waals surface area contributed by atoms with Gasteiger partial charge in [-0.2, -0.15) is 4.98 Å². The lowest BCUT2D eigenvalue weighted by atomic mass is 10.2. The number of thioether (sulfide) groups is 1. The molecule has 0 aliphatic heterocycles. The molecule has 18 heavy (non-hydrogen) atoms. The summed E-state index contributed by atoms with van der Waals surface area (Å²) in [5, 5.41) is 7.26. The number of hydrogen-bond donors (Lipinski definition) is 1. The number of rotatable bonds is 5. The van der Waals surface area contributed by atoms with Crippen LogP contribution in [0.15, 0.2) is 33.7 Å². The molecule has 0 amide bonds. The maximum Gasteiger partial charge on any atom is 0.243 e. The zero-order chi connectivity index (χ0) is 13.0. The maximum atomic E-state index is 5.26. The standard InChI is InChI=1S/C13H17N3OS/c1-4-14-9(2)13-15-12(16-17-13)10-5-7-11(18-3)8-6-10/h5-9,14H,4H2,1-3H3. The monoisotopic (exact) mass is 263 g/mol. The molecule has 1 aromatic heterocycles. The second kappa shape index (κ2) is 6.02. The van der Waals surface area contributed by atoms with E-state index < -0.39 is 0 Å². The van der Waals surface area contributed by atoms with E-state index in [2.05, 4.69) is 40.8 Å². The van der Waals surface area contributed by atoms with E-state index in [-0.39, 0.29) is 6.04 Å². The smallest absolute Gasteiger partial charge is 0.243 e. The first kappa shape index (κ1) is 13.1. The van der Waals surface area contributed by atoms with Crippen molar-refractivity contribution in [3.63, 3.8) is 0 Å². The topological polar surface area (TPSA) is 51.0 Å². The van der Waals surface area contributed by atoms with Gasteiger partial charge in [-0.1, -0.05) is 12.1 Å². The van der Waals surface area contributed by atoms with Crippen LogP contribution in [-0.4, -0.2) is 22.9 Å². The highest BCUT2D eigenvalue weighted by Crippen LogP contribution is 2.22. The second-order valence-corrected chi connectivity index (χ2v) is 4.84. The minimum absolute atomic E-state index is 0.0849. The predicted octanol–water partition coefficient (Wildman–Crippen LogP) is 3.13.